The van der Waals surface area contributed by atoms with Gasteiger partial charge in [0, 0.05) is 6.07 Å². The fourth-order valence-electron chi connectivity index (χ4n) is 2.17. The molecule has 0 bridgehead atoms. The van der Waals surface area contributed by atoms with E-state index in [2.05, 4.69) is 10.1 Å². The minimum absolute atomic E-state index is 0.0170. The first-order chi connectivity index (χ1) is 12.9. The number of methoxy groups -OCH3 is 1. The highest BCUT2D eigenvalue weighted by molar-refractivity contribution is 5.95. The van der Waals surface area contributed by atoms with Crippen LogP contribution in [-0.4, -0.2) is 30.0 Å². The van der Waals surface area contributed by atoms with Gasteiger partial charge >= 0.3 is 11.7 Å². The Balaban J connectivity index is 2.20. The van der Waals surface area contributed by atoms with Crippen molar-refractivity contribution in [2.75, 3.05) is 12.4 Å². The van der Waals surface area contributed by atoms with Gasteiger partial charge in [-0.2, -0.15) is 5.26 Å². The van der Waals surface area contributed by atoms with Gasteiger partial charge < -0.3 is 14.8 Å². The summed E-state index contributed by atoms with van der Waals surface area (Å²) in [7, 11) is 1.16. The van der Waals surface area contributed by atoms with Crippen LogP contribution in [0.1, 0.15) is 22.8 Å². The molecule has 9 nitrogen and oxygen atoms in total. The molecule has 0 aliphatic heterocycles. The predicted molar refractivity (Wildman–Crippen MR) is 94.3 cm³/mol. The second-order valence-corrected chi connectivity index (χ2v) is 5.34. The summed E-state index contributed by atoms with van der Waals surface area (Å²) in [6.07, 6.45) is -1.10. The summed E-state index contributed by atoms with van der Waals surface area (Å²) in [4.78, 5) is 34.3. The first-order valence-electron chi connectivity index (χ1n) is 7.70. The Morgan fingerprint density at radius 2 is 1.96 bits per heavy atom. The Bertz CT molecular complexity index is 935. The maximum atomic E-state index is 12.3. The highest BCUT2D eigenvalue weighted by Gasteiger charge is 2.23. The number of carbonyl (C=O) groups excluding carboxylic acids is 2. The number of hydrogen-bond donors (Lipinski definition) is 1. The Morgan fingerprint density at radius 1 is 1.26 bits per heavy atom. The van der Waals surface area contributed by atoms with Gasteiger partial charge in [0.2, 0.25) is 0 Å². The van der Waals surface area contributed by atoms with Gasteiger partial charge in [-0.05, 0) is 31.2 Å². The van der Waals surface area contributed by atoms with E-state index in [1.54, 1.807) is 18.2 Å². The van der Waals surface area contributed by atoms with E-state index in [0.29, 0.717) is 5.69 Å². The summed E-state index contributed by atoms with van der Waals surface area (Å²) < 4.78 is 9.92. The van der Waals surface area contributed by atoms with Crippen molar-refractivity contribution in [3.8, 4) is 11.8 Å². The first-order valence-corrected chi connectivity index (χ1v) is 7.70. The molecule has 2 aromatic rings. The predicted octanol–water partition coefficient (Wildman–Crippen LogP) is 2.66. The standard InChI is InChI=1S/C18H15N3O6/c1-11(17(22)20-14-6-4-3-5-13(14)10-19)27-16-8-7-12(18(23)26-2)9-15(16)21(24)25/h3-9,11H,1-2H3,(H,20,22)/t11-/m1/s1. The molecule has 2 aromatic carbocycles. The van der Waals surface area contributed by atoms with Crippen LogP contribution in [0.5, 0.6) is 5.75 Å². The van der Waals surface area contributed by atoms with Gasteiger partial charge in [0.1, 0.15) is 6.07 Å². The fourth-order valence-corrected chi connectivity index (χ4v) is 2.17. The third-order valence-electron chi connectivity index (χ3n) is 3.56. The topological polar surface area (TPSA) is 132 Å². The highest BCUT2D eigenvalue weighted by Crippen LogP contribution is 2.29. The minimum Gasteiger partial charge on any atom is -0.474 e. The first kappa shape index (κ1) is 19.4. The Kier molecular flexibility index (Phi) is 6.06. The lowest BCUT2D eigenvalue weighted by atomic mass is 10.2. The monoisotopic (exact) mass is 369 g/mol. The van der Waals surface area contributed by atoms with E-state index in [1.165, 1.54) is 25.1 Å². The molecule has 0 unspecified atom stereocenters. The number of hydrogen-bond acceptors (Lipinski definition) is 7. The number of ether oxygens (including phenoxy) is 2. The fraction of sp³-hybridized carbons (Fsp3) is 0.167. The van der Waals surface area contributed by atoms with Gasteiger partial charge in [0.05, 0.1) is 28.8 Å². The third-order valence-corrected chi connectivity index (χ3v) is 3.56. The number of amides is 1. The van der Waals surface area contributed by atoms with Crippen LogP contribution in [0.2, 0.25) is 0 Å². The van der Waals surface area contributed by atoms with Crippen LogP contribution in [0, 0.1) is 21.4 Å². The number of nitro benzene ring substituents is 1. The van der Waals surface area contributed by atoms with E-state index in [0.717, 1.165) is 13.2 Å². The van der Waals surface area contributed by atoms with Crippen molar-refractivity contribution in [3.05, 3.63) is 63.7 Å². The number of nitrogens with zero attached hydrogens (tertiary/aromatic N) is 2. The van der Waals surface area contributed by atoms with E-state index in [9.17, 15) is 19.7 Å². The van der Waals surface area contributed by atoms with Gasteiger partial charge in [0.15, 0.2) is 11.9 Å². The zero-order valence-electron chi connectivity index (χ0n) is 14.5. The van der Waals surface area contributed by atoms with E-state index < -0.39 is 28.6 Å². The number of nitriles is 1. The van der Waals surface area contributed by atoms with Crippen LogP contribution in [-0.2, 0) is 9.53 Å². The lowest BCUT2D eigenvalue weighted by Gasteiger charge is -2.15. The van der Waals surface area contributed by atoms with Gasteiger partial charge in [-0.15, -0.1) is 0 Å². The summed E-state index contributed by atoms with van der Waals surface area (Å²) >= 11 is 0. The number of anilines is 1. The van der Waals surface area contributed by atoms with Crippen LogP contribution in [0.25, 0.3) is 0 Å². The average molecular weight is 369 g/mol. The number of nitrogens with one attached hydrogen (secondary N) is 1. The molecule has 2 rings (SSSR count). The van der Waals surface area contributed by atoms with Crippen molar-refractivity contribution in [3.63, 3.8) is 0 Å². The zero-order valence-corrected chi connectivity index (χ0v) is 14.5. The number of nitro groups is 1. The normalized spacial score (nSPS) is 11.0. The molecule has 0 saturated carbocycles. The van der Waals surface area contributed by atoms with Gasteiger partial charge in [0.25, 0.3) is 5.91 Å². The lowest BCUT2D eigenvalue weighted by Crippen LogP contribution is -2.30. The number of esters is 1. The van der Waals surface area contributed by atoms with Gasteiger partial charge in [-0.1, -0.05) is 12.1 Å². The number of para-hydroxylation sites is 1. The molecule has 27 heavy (non-hydrogen) atoms. The van der Waals surface area contributed by atoms with Crippen molar-refractivity contribution < 1.29 is 24.0 Å². The third kappa shape index (κ3) is 4.58. The maximum Gasteiger partial charge on any atom is 0.338 e. The van der Waals surface area contributed by atoms with E-state index >= 15 is 0 Å². The van der Waals surface area contributed by atoms with E-state index in [1.807, 2.05) is 6.07 Å². The van der Waals surface area contributed by atoms with Crippen LogP contribution in [0.3, 0.4) is 0 Å². The van der Waals surface area contributed by atoms with Crippen molar-refractivity contribution in [1.82, 2.24) is 0 Å². The Hall–Kier alpha value is -3.93. The molecule has 138 valence electrons. The molecule has 1 N–H and O–H groups in total. The molecule has 0 aliphatic carbocycles. The van der Waals surface area contributed by atoms with Crippen LogP contribution >= 0.6 is 0 Å². The van der Waals surface area contributed by atoms with E-state index in [4.69, 9.17) is 10.00 Å². The molecule has 0 radical (unpaired) electrons. The Labute approximate surface area is 154 Å². The molecule has 0 aromatic heterocycles. The van der Waals surface area contributed by atoms with Gasteiger partial charge in [-0.3, -0.25) is 14.9 Å². The summed E-state index contributed by atoms with van der Waals surface area (Å²) in [6, 6.07) is 11.9. The number of benzene rings is 2. The number of rotatable bonds is 6. The van der Waals surface area contributed by atoms with Crippen molar-refractivity contribution in [1.29, 1.82) is 5.26 Å². The molecule has 0 heterocycles. The maximum absolute atomic E-state index is 12.3. The van der Waals surface area contributed by atoms with Gasteiger partial charge in [-0.25, -0.2) is 4.79 Å². The second-order valence-electron chi connectivity index (χ2n) is 5.34. The van der Waals surface area contributed by atoms with Crippen molar-refractivity contribution in [2.45, 2.75) is 13.0 Å². The molecule has 1 atom stereocenters. The molecule has 0 saturated heterocycles. The molecule has 0 fully saturated rings. The summed E-state index contributed by atoms with van der Waals surface area (Å²) in [6.45, 7) is 1.41. The molecule has 1 amide bonds. The van der Waals surface area contributed by atoms with Crippen molar-refractivity contribution in [2.24, 2.45) is 0 Å². The molecule has 9 heteroatoms. The quantitative estimate of drug-likeness (QED) is 0.470. The van der Waals surface area contributed by atoms with Crippen LogP contribution < -0.4 is 10.1 Å². The minimum atomic E-state index is -1.10. The zero-order chi connectivity index (χ0) is 20.0. The molecule has 0 aliphatic rings. The molecule has 0 spiro atoms. The molecular formula is C18H15N3O6. The largest absolute Gasteiger partial charge is 0.474 e. The smallest absolute Gasteiger partial charge is 0.338 e. The van der Waals surface area contributed by atoms with Crippen molar-refractivity contribution >= 4 is 23.3 Å². The Morgan fingerprint density at radius 3 is 2.59 bits per heavy atom. The summed E-state index contributed by atoms with van der Waals surface area (Å²) in [5.74, 6) is -1.50. The lowest BCUT2D eigenvalue weighted by molar-refractivity contribution is -0.386. The molecular weight excluding hydrogens is 354 g/mol. The SMILES string of the molecule is COC(=O)c1ccc(O[C@H](C)C(=O)Nc2ccccc2C#N)c([N+](=O)[O-])c1. The van der Waals surface area contributed by atoms with Crippen LogP contribution in [0.4, 0.5) is 11.4 Å². The average Bonchev–Trinajstić information content (AvgIpc) is 2.67. The second kappa shape index (κ2) is 8.44. The summed E-state index contributed by atoms with van der Waals surface area (Å²) in [5, 5.41) is 22.8. The number of carbonyl (C=O) groups is 2. The van der Waals surface area contributed by atoms with E-state index in [-0.39, 0.29) is 16.9 Å². The highest BCUT2D eigenvalue weighted by atomic mass is 16.6. The summed E-state index contributed by atoms with van der Waals surface area (Å²) in [5.41, 5.74) is 0.0778. The van der Waals surface area contributed by atoms with Crippen LogP contribution in [0.15, 0.2) is 42.5 Å².